The predicted molar refractivity (Wildman–Crippen MR) is 76.5 cm³/mol. The average molecular weight is 282 g/mol. The van der Waals surface area contributed by atoms with Crippen LogP contribution >= 0.6 is 0 Å². The molecule has 2 rings (SSSR count). The molecular weight excluding hydrogens is 256 g/mol. The molecule has 1 aliphatic heterocycles. The van der Waals surface area contributed by atoms with Crippen molar-refractivity contribution in [3.63, 3.8) is 0 Å². The van der Waals surface area contributed by atoms with Crippen molar-refractivity contribution in [3.8, 4) is 0 Å². The molecule has 0 aromatic rings. The largest absolute Gasteiger partial charge is 0.481 e. The summed E-state index contributed by atoms with van der Waals surface area (Å²) in [7, 11) is 0. The molecular formula is C15H26N2O3. The zero-order valence-corrected chi connectivity index (χ0v) is 12.5. The van der Waals surface area contributed by atoms with E-state index in [0.29, 0.717) is 37.9 Å². The summed E-state index contributed by atoms with van der Waals surface area (Å²) in [4.78, 5) is 27.4. The summed E-state index contributed by atoms with van der Waals surface area (Å²) in [6, 6.07) is 0.551. The summed E-state index contributed by atoms with van der Waals surface area (Å²) in [5, 5.41) is 9.00. The molecule has 20 heavy (non-hydrogen) atoms. The molecule has 0 aromatic carbocycles. The fraction of sp³-hybridized carbons (Fsp3) is 0.867. The van der Waals surface area contributed by atoms with Gasteiger partial charge in [-0.3, -0.25) is 4.79 Å². The van der Waals surface area contributed by atoms with Crippen LogP contribution < -0.4 is 0 Å². The van der Waals surface area contributed by atoms with Gasteiger partial charge in [-0.05, 0) is 38.0 Å². The number of carboxylic acid groups (broad SMARTS) is 1. The van der Waals surface area contributed by atoms with Crippen LogP contribution in [0.3, 0.4) is 0 Å². The smallest absolute Gasteiger partial charge is 0.320 e. The Hall–Kier alpha value is -1.26. The standard InChI is InChI=1S/C15H26N2O3/c1-11(2)5-10-17(13-3-4-13)15(20)16-8-6-12(7-9-16)14(18)19/h11-13H,3-10H2,1-2H3,(H,18,19). The molecule has 0 aromatic heterocycles. The monoisotopic (exact) mass is 282 g/mol. The summed E-state index contributed by atoms with van der Waals surface area (Å²) < 4.78 is 0. The van der Waals surface area contributed by atoms with Crippen LogP contribution in [0.4, 0.5) is 4.79 Å². The van der Waals surface area contributed by atoms with Gasteiger partial charge >= 0.3 is 12.0 Å². The Morgan fingerprint density at radius 1 is 1.20 bits per heavy atom. The molecule has 1 N–H and O–H groups in total. The molecule has 0 radical (unpaired) electrons. The maximum Gasteiger partial charge on any atom is 0.320 e. The van der Waals surface area contributed by atoms with E-state index in [0.717, 1.165) is 25.8 Å². The minimum Gasteiger partial charge on any atom is -0.481 e. The fourth-order valence-corrected chi connectivity index (χ4v) is 2.72. The highest BCUT2D eigenvalue weighted by Crippen LogP contribution is 2.29. The Balaban J connectivity index is 1.87. The lowest BCUT2D eigenvalue weighted by Gasteiger charge is -2.35. The van der Waals surface area contributed by atoms with E-state index in [9.17, 15) is 9.59 Å². The summed E-state index contributed by atoms with van der Waals surface area (Å²) in [5.74, 6) is -0.401. The van der Waals surface area contributed by atoms with Crippen molar-refractivity contribution >= 4 is 12.0 Å². The first-order valence-corrected chi connectivity index (χ1v) is 7.77. The molecule has 114 valence electrons. The number of likely N-dealkylation sites (tertiary alicyclic amines) is 1. The van der Waals surface area contributed by atoms with Gasteiger partial charge in [-0.25, -0.2) is 4.79 Å². The van der Waals surface area contributed by atoms with Crippen LogP contribution in [0, 0.1) is 11.8 Å². The lowest BCUT2D eigenvalue weighted by Crippen LogP contribution is -2.48. The second kappa shape index (κ2) is 6.46. The molecule has 0 unspecified atom stereocenters. The van der Waals surface area contributed by atoms with Gasteiger partial charge in [0.1, 0.15) is 0 Å². The average Bonchev–Trinajstić information content (AvgIpc) is 3.23. The number of amides is 2. The van der Waals surface area contributed by atoms with E-state index < -0.39 is 5.97 Å². The first kappa shape index (κ1) is 15.1. The third kappa shape index (κ3) is 3.87. The van der Waals surface area contributed by atoms with Crippen LogP contribution in [0.2, 0.25) is 0 Å². The Morgan fingerprint density at radius 3 is 2.25 bits per heavy atom. The Labute approximate surface area is 120 Å². The molecule has 2 aliphatic rings. The van der Waals surface area contributed by atoms with Crippen molar-refractivity contribution < 1.29 is 14.7 Å². The maximum absolute atomic E-state index is 12.6. The number of piperidine rings is 1. The first-order chi connectivity index (χ1) is 9.49. The van der Waals surface area contributed by atoms with Crippen LogP contribution in [0.1, 0.15) is 46.0 Å². The van der Waals surface area contributed by atoms with Crippen molar-refractivity contribution in [3.05, 3.63) is 0 Å². The second-order valence-electron chi connectivity index (χ2n) is 6.49. The minimum absolute atomic E-state index is 0.122. The molecule has 0 spiro atoms. The molecule has 1 saturated heterocycles. The molecule has 2 fully saturated rings. The lowest BCUT2D eigenvalue weighted by atomic mass is 9.97. The van der Waals surface area contributed by atoms with E-state index in [1.54, 1.807) is 0 Å². The van der Waals surface area contributed by atoms with Gasteiger partial charge in [0.05, 0.1) is 5.92 Å². The quantitative estimate of drug-likeness (QED) is 0.842. The molecule has 0 atom stereocenters. The fourth-order valence-electron chi connectivity index (χ4n) is 2.72. The van der Waals surface area contributed by atoms with Gasteiger partial charge in [0.25, 0.3) is 0 Å². The van der Waals surface area contributed by atoms with Gasteiger partial charge in [-0.1, -0.05) is 13.8 Å². The number of carbonyl (C=O) groups is 2. The SMILES string of the molecule is CC(C)CCN(C(=O)N1CCC(C(=O)O)CC1)C1CC1. The van der Waals surface area contributed by atoms with Crippen LogP contribution in [-0.4, -0.2) is 52.6 Å². The van der Waals surface area contributed by atoms with Crippen LogP contribution in [-0.2, 0) is 4.79 Å². The number of hydrogen-bond acceptors (Lipinski definition) is 2. The van der Waals surface area contributed by atoms with E-state index in [4.69, 9.17) is 5.11 Å². The van der Waals surface area contributed by atoms with E-state index in [-0.39, 0.29) is 11.9 Å². The van der Waals surface area contributed by atoms with Crippen LogP contribution in [0.5, 0.6) is 0 Å². The second-order valence-corrected chi connectivity index (χ2v) is 6.49. The van der Waals surface area contributed by atoms with Crippen molar-refractivity contribution in [1.29, 1.82) is 0 Å². The number of carboxylic acids is 1. The zero-order chi connectivity index (χ0) is 14.7. The molecule has 5 heteroatoms. The summed E-state index contributed by atoms with van der Waals surface area (Å²) >= 11 is 0. The van der Waals surface area contributed by atoms with Gasteiger partial charge in [0.2, 0.25) is 0 Å². The third-order valence-corrected chi connectivity index (χ3v) is 4.30. The maximum atomic E-state index is 12.6. The molecule has 2 amide bonds. The van der Waals surface area contributed by atoms with Gasteiger partial charge < -0.3 is 14.9 Å². The van der Waals surface area contributed by atoms with Gasteiger partial charge in [-0.15, -0.1) is 0 Å². The van der Waals surface area contributed by atoms with Crippen molar-refractivity contribution in [2.45, 2.75) is 52.0 Å². The van der Waals surface area contributed by atoms with Gasteiger partial charge in [0, 0.05) is 25.7 Å². The molecule has 1 heterocycles. The number of rotatable bonds is 5. The van der Waals surface area contributed by atoms with Crippen molar-refractivity contribution in [1.82, 2.24) is 9.80 Å². The normalized spacial score (nSPS) is 20.2. The first-order valence-electron chi connectivity index (χ1n) is 7.77. The van der Waals surface area contributed by atoms with Crippen LogP contribution in [0.15, 0.2) is 0 Å². The highest BCUT2D eigenvalue weighted by molar-refractivity contribution is 5.76. The highest BCUT2D eigenvalue weighted by atomic mass is 16.4. The number of carbonyl (C=O) groups excluding carboxylic acids is 1. The van der Waals surface area contributed by atoms with E-state index in [2.05, 4.69) is 13.8 Å². The number of hydrogen-bond donors (Lipinski definition) is 1. The molecule has 1 aliphatic carbocycles. The Bertz CT molecular complexity index is 358. The molecule has 5 nitrogen and oxygen atoms in total. The van der Waals surface area contributed by atoms with Crippen LogP contribution in [0.25, 0.3) is 0 Å². The van der Waals surface area contributed by atoms with E-state index >= 15 is 0 Å². The number of urea groups is 1. The predicted octanol–water partition coefficient (Wildman–Crippen LogP) is 2.41. The van der Waals surface area contributed by atoms with E-state index in [1.807, 2.05) is 9.80 Å². The Morgan fingerprint density at radius 2 is 1.80 bits per heavy atom. The van der Waals surface area contributed by atoms with Gasteiger partial charge in [0.15, 0.2) is 0 Å². The summed E-state index contributed by atoms with van der Waals surface area (Å²) in [6.45, 7) is 6.35. The lowest BCUT2D eigenvalue weighted by molar-refractivity contribution is -0.143. The molecule has 0 bridgehead atoms. The van der Waals surface area contributed by atoms with E-state index in [1.165, 1.54) is 0 Å². The Kier molecular flexibility index (Phi) is 4.89. The van der Waals surface area contributed by atoms with Crippen molar-refractivity contribution in [2.75, 3.05) is 19.6 Å². The third-order valence-electron chi connectivity index (χ3n) is 4.30. The molecule has 1 saturated carbocycles. The summed E-state index contributed by atoms with van der Waals surface area (Å²) in [5.41, 5.74) is 0. The van der Waals surface area contributed by atoms with Gasteiger partial charge in [-0.2, -0.15) is 0 Å². The van der Waals surface area contributed by atoms with Crippen molar-refractivity contribution in [2.24, 2.45) is 11.8 Å². The topological polar surface area (TPSA) is 60.9 Å². The highest BCUT2D eigenvalue weighted by Gasteiger charge is 2.36. The summed E-state index contributed by atoms with van der Waals surface area (Å²) in [6.07, 6.45) is 4.45. The minimum atomic E-state index is -0.726. The zero-order valence-electron chi connectivity index (χ0n) is 12.5. The number of nitrogens with zero attached hydrogens (tertiary/aromatic N) is 2. The number of aliphatic carboxylic acids is 1.